The minimum Gasteiger partial charge on any atom is -0.297 e. The molecule has 14 heavy (non-hydrogen) atoms. The highest BCUT2D eigenvalue weighted by atomic mass is 32.2. The lowest BCUT2D eigenvalue weighted by Crippen LogP contribution is -1.79. The van der Waals surface area contributed by atoms with Crippen LogP contribution in [0, 0.1) is 0 Å². The van der Waals surface area contributed by atoms with Gasteiger partial charge >= 0.3 is 0 Å². The van der Waals surface area contributed by atoms with Gasteiger partial charge in [-0.2, -0.15) is 0 Å². The summed E-state index contributed by atoms with van der Waals surface area (Å²) in [5.74, 6) is 0. The molecule has 0 unspecified atom stereocenters. The van der Waals surface area contributed by atoms with Crippen LogP contribution in [0.25, 0.3) is 0 Å². The fourth-order valence-electron chi connectivity index (χ4n) is 1.03. The van der Waals surface area contributed by atoms with Crippen molar-refractivity contribution in [3.05, 3.63) is 41.3 Å². The number of thioether (sulfide) groups is 1. The first-order chi connectivity index (χ1) is 6.86. The molecule has 0 radical (unpaired) electrons. The van der Waals surface area contributed by atoms with Gasteiger partial charge in [-0.1, -0.05) is 49.4 Å². The lowest BCUT2D eigenvalue weighted by atomic mass is 10.3. The molecule has 0 saturated heterocycles. The van der Waals surface area contributed by atoms with Gasteiger partial charge in [-0.05, 0) is 18.6 Å². The predicted molar refractivity (Wildman–Crippen MR) is 61.4 cm³/mol. The number of carbonyl (C=O) groups excluding carboxylic acids is 1. The number of allylic oxidation sites excluding steroid dienone is 2. The van der Waals surface area contributed by atoms with Crippen molar-refractivity contribution in [1.29, 1.82) is 0 Å². The Balaban J connectivity index is 2.61. The fourth-order valence-corrected chi connectivity index (χ4v) is 1.84. The molecule has 1 rings (SSSR count). The molecule has 0 atom stereocenters. The molecular formula is C12H14OS. The van der Waals surface area contributed by atoms with Gasteiger partial charge in [-0.15, -0.1) is 0 Å². The second kappa shape index (κ2) is 6.44. The smallest absolute Gasteiger partial charge is 0.156 e. The number of unbranched alkanes of at least 4 members (excludes halogenated alkanes) is 1. The summed E-state index contributed by atoms with van der Waals surface area (Å²) in [6.45, 7) is 2.10. The largest absolute Gasteiger partial charge is 0.297 e. The van der Waals surface area contributed by atoms with E-state index in [1.165, 1.54) is 11.8 Å². The van der Waals surface area contributed by atoms with Gasteiger partial charge in [-0.25, -0.2) is 0 Å². The van der Waals surface area contributed by atoms with E-state index < -0.39 is 0 Å². The quantitative estimate of drug-likeness (QED) is 0.415. The topological polar surface area (TPSA) is 17.1 Å². The summed E-state index contributed by atoms with van der Waals surface area (Å²) >= 11 is 1.52. The molecule has 0 aliphatic rings. The van der Waals surface area contributed by atoms with E-state index in [-0.39, 0.29) is 0 Å². The Labute approximate surface area is 89.2 Å². The molecule has 1 nitrogen and oxygen atoms in total. The van der Waals surface area contributed by atoms with Crippen LogP contribution in [0.1, 0.15) is 19.8 Å². The maximum atomic E-state index is 10.7. The third kappa shape index (κ3) is 3.79. The lowest BCUT2D eigenvalue weighted by Gasteiger charge is -1.99. The third-order valence-electron chi connectivity index (χ3n) is 1.73. The molecule has 0 bridgehead atoms. The van der Waals surface area contributed by atoms with Crippen molar-refractivity contribution in [3.8, 4) is 0 Å². The molecule has 0 heterocycles. The molecule has 2 heteroatoms. The number of carbonyl (C=O) groups is 1. The standard InChI is InChI=1S/C12H14OS/c1-2-3-7-12(10-13)14-11-8-5-4-6-9-11/h4-10H,2-3H2,1H3/b12-7+. The molecule has 0 spiro atoms. The van der Waals surface area contributed by atoms with Crippen LogP contribution in [0.4, 0.5) is 0 Å². The molecule has 0 aliphatic heterocycles. The summed E-state index contributed by atoms with van der Waals surface area (Å²) in [6, 6.07) is 9.94. The van der Waals surface area contributed by atoms with Gasteiger partial charge in [0.15, 0.2) is 6.29 Å². The first kappa shape index (κ1) is 11.1. The maximum absolute atomic E-state index is 10.7. The van der Waals surface area contributed by atoms with E-state index in [1.807, 2.05) is 36.4 Å². The molecule has 1 aromatic rings. The van der Waals surface area contributed by atoms with E-state index in [1.54, 1.807) is 0 Å². The number of hydrogen-bond donors (Lipinski definition) is 0. The number of benzene rings is 1. The van der Waals surface area contributed by atoms with Crippen LogP contribution in [0.2, 0.25) is 0 Å². The van der Waals surface area contributed by atoms with Crippen LogP contribution in [-0.4, -0.2) is 6.29 Å². The summed E-state index contributed by atoms with van der Waals surface area (Å²) < 4.78 is 0. The van der Waals surface area contributed by atoms with Crippen molar-refractivity contribution in [2.75, 3.05) is 0 Å². The zero-order valence-electron chi connectivity index (χ0n) is 8.27. The van der Waals surface area contributed by atoms with Gasteiger partial charge in [0.25, 0.3) is 0 Å². The number of aldehydes is 1. The molecule has 0 aliphatic carbocycles. The van der Waals surface area contributed by atoms with E-state index in [4.69, 9.17) is 0 Å². The highest BCUT2D eigenvalue weighted by molar-refractivity contribution is 8.03. The van der Waals surface area contributed by atoms with Gasteiger partial charge in [0.2, 0.25) is 0 Å². The van der Waals surface area contributed by atoms with Gasteiger partial charge < -0.3 is 0 Å². The summed E-state index contributed by atoms with van der Waals surface area (Å²) in [6.07, 6.45) is 4.96. The minimum atomic E-state index is 0.804. The van der Waals surface area contributed by atoms with Gasteiger partial charge in [0.05, 0.1) is 0 Å². The summed E-state index contributed by atoms with van der Waals surface area (Å²) in [5.41, 5.74) is 0. The van der Waals surface area contributed by atoms with E-state index in [9.17, 15) is 4.79 Å². The molecule has 0 fully saturated rings. The molecule has 74 valence electrons. The van der Waals surface area contributed by atoms with Gasteiger partial charge in [0, 0.05) is 9.80 Å². The molecule has 0 saturated carbocycles. The Morgan fingerprint density at radius 2 is 2.07 bits per heavy atom. The Bertz CT molecular complexity index is 303. The molecule has 0 N–H and O–H groups in total. The second-order valence-corrected chi connectivity index (χ2v) is 4.08. The van der Waals surface area contributed by atoms with Crippen molar-refractivity contribution in [3.63, 3.8) is 0 Å². The number of rotatable bonds is 5. The zero-order chi connectivity index (χ0) is 10.2. The van der Waals surface area contributed by atoms with Crippen LogP contribution >= 0.6 is 11.8 Å². The van der Waals surface area contributed by atoms with Gasteiger partial charge in [0.1, 0.15) is 0 Å². The Kier molecular flexibility index (Phi) is 5.08. The first-order valence-corrected chi connectivity index (χ1v) is 5.56. The lowest BCUT2D eigenvalue weighted by molar-refractivity contribution is -0.104. The second-order valence-electron chi connectivity index (χ2n) is 2.93. The van der Waals surface area contributed by atoms with Crippen molar-refractivity contribution in [1.82, 2.24) is 0 Å². The first-order valence-electron chi connectivity index (χ1n) is 4.75. The normalized spacial score (nSPS) is 11.4. The highest BCUT2D eigenvalue weighted by Crippen LogP contribution is 2.24. The fraction of sp³-hybridized carbons (Fsp3) is 0.250. The predicted octanol–water partition coefficient (Wildman–Crippen LogP) is 3.66. The van der Waals surface area contributed by atoms with Crippen LogP contribution in [0.5, 0.6) is 0 Å². The molecule has 0 aromatic heterocycles. The van der Waals surface area contributed by atoms with E-state index in [2.05, 4.69) is 6.92 Å². The average molecular weight is 206 g/mol. The Morgan fingerprint density at radius 1 is 1.36 bits per heavy atom. The van der Waals surface area contributed by atoms with E-state index >= 15 is 0 Å². The SMILES string of the molecule is CCC/C=C(\C=O)Sc1ccccc1. The van der Waals surface area contributed by atoms with Crippen LogP contribution in [-0.2, 0) is 4.79 Å². The molecular weight excluding hydrogens is 192 g/mol. The average Bonchev–Trinajstić information content (AvgIpc) is 2.25. The zero-order valence-corrected chi connectivity index (χ0v) is 9.09. The van der Waals surface area contributed by atoms with Crippen LogP contribution < -0.4 is 0 Å². The third-order valence-corrected chi connectivity index (χ3v) is 2.74. The van der Waals surface area contributed by atoms with Crippen molar-refractivity contribution < 1.29 is 4.79 Å². The van der Waals surface area contributed by atoms with Gasteiger partial charge in [-0.3, -0.25) is 4.79 Å². The highest BCUT2D eigenvalue weighted by Gasteiger charge is 1.97. The summed E-state index contributed by atoms with van der Waals surface area (Å²) in [4.78, 5) is 12.6. The summed E-state index contributed by atoms with van der Waals surface area (Å²) in [7, 11) is 0. The maximum Gasteiger partial charge on any atom is 0.156 e. The van der Waals surface area contributed by atoms with Crippen molar-refractivity contribution >= 4 is 18.0 Å². The van der Waals surface area contributed by atoms with Crippen molar-refractivity contribution in [2.45, 2.75) is 24.7 Å². The molecule has 1 aromatic carbocycles. The summed E-state index contributed by atoms with van der Waals surface area (Å²) in [5, 5.41) is 0. The monoisotopic (exact) mass is 206 g/mol. The van der Waals surface area contributed by atoms with Crippen molar-refractivity contribution in [2.24, 2.45) is 0 Å². The Hall–Kier alpha value is -1.02. The number of hydrogen-bond acceptors (Lipinski definition) is 2. The van der Waals surface area contributed by atoms with E-state index in [0.717, 1.165) is 28.9 Å². The molecule has 0 amide bonds. The Morgan fingerprint density at radius 3 is 2.64 bits per heavy atom. The van der Waals surface area contributed by atoms with Crippen LogP contribution in [0.15, 0.2) is 46.2 Å². The minimum absolute atomic E-state index is 0.804. The van der Waals surface area contributed by atoms with E-state index in [0.29, 0.717) is 0 Å². The van der Waals surface area contributed by atoms with Crippen LogP contribution in [0.3, 0.4) is 0 Å².